The first-order valence-corrected chi connectivity index (χ1v) is 12.2. The molecule has 0 aliphatic heterocycles. The van der Waals surface area contributed by atoms with E-state index in [4.69, 9.17) is 14.7 Å². The van der Waals surface area contributed by atoms with Gasteiger partial charge < -0.3 is 19.6 Å². The highest BCUT2D eigenvalue weighted by atomic mass is 19.4. The summed E-state index contributed by atoms with van der Waals surface area (Å²) in [6, 6.07) is 18.6. The molecule has 0 radical (unpaired) electrons. The SMILES string of the molecule is CN(C)Cc1ccccc1-c1ccc2c(C(=O)c3cc(C(F)(F)F)nn3-c3ccc4onc(N)c4c3)coc2c1. The van der Waals surface area contributed by atoms with Crippen LogP contribution in [0.3, 0.4) is 0 Å². The normalized spacial score (nSPS) is 12.2. The minimum atomic E-state index is -4.77. The molecule has 2 N–H and O–H groups in total. The molecule has 3 aromatic heterocycles. The number of fused-ring (bicyclic) bond motifs is 2. The van der Waals surface area contributed by atoms with Gasteiger partial charge in [0.15, 0.2) is 17.1 Å². The summed E-state index contributed by atoms with van der Waals surface area (Å²) >= 11 is 0. The van der Waals surface area contributed by atoms with Crippen LogP contribution in [0.4, 0.5) is 19.0 Å². The summed E-state index contributed by atoms with van der Waals surface area (Å²) < 4.78 is 52.8. The third-order valence-electron chi connectivity index (χ3n) is 6.59. The number of carbonyl (C=O) groups is 1. The number of ketones is 1. The molecule has 0 aliphatic carbocycles. The summed E-state index contributed by atoms with van der Waals surface area (Å²) in [5, 5.41) is 8.24. The van der Waals surface area contributed by atoms with Gasteiger partial charge in [-0.25, -0.2) is 4.68 Å². The van der Waals surface area contributed by atoms with Crippen LogP contribution < -0.4 is 5.73 Å². The van der Waals surface area contributed by atoms with Crippen LogP contribution in [-0.2, 0) is 12.7 Å². The van der Waals surface area contributed by atoms with Gasteiger partial charge in [0, 0.05) is 18.0 Å². The number of hydrogen-bond acceptors (Lipinski definition) is 7. The molecular weight excluding hydrogens is 523 g/mol. The number of nitrogen functional groups attached to an aromatic ring is 1. The number of halogens is 3. The molecule has 3 aromatic carbocycles. The number of nitrogens with zero attached hydrogens (tertiary/aromatic N) is 4. The number of carbonyl (C=O) groups excluding carboxylic acids is 1. The Labute approximate surface area is 225 Å². The van der Waals surface area contributed by atoms with Gasteiger partial charge in [0.25, 0.3) is 0 Å². The number of hydrogen-bond donors (Lipinski definition) is 1. The van der Waals surface area contributed by atoms with E-state index in [1.54, 1.807) is 6.07 Å². The van der Waals surface area contributed by atoms with Crippen molar-refractivity contribution in [3.8, 4) is 16.8 Å². The average Bonchev–Trinajstić information content (AvgIpc) is 3.65. The third-order valence-corrected chi connectivity index (χ3v) is 6.59. The first-order chi connectivity index (χ1) is 19.1. The van der Waals surface area contributed by atoms with Gasteiger partial charge in [-0.15, -0.1) is 0 Å². The van der Waals surface area contributed by atoms with Crippen molar-refractivity contribution in [3.63, 3.8) is 0 Å². The molecule has 0 saturated carbocycles. The van der Waals surface area contributed by atoms with Gasteiger partial charge in [0.1, 0.15) is 17.5 Å². The van der Waals surface area contributed by atoms with Gasteiger partial charge in [0.2, 0.25) is 5.78 Å². The van der Waals surface area contributed by atoms with Crippen LogP contribution in [0.1, 0.15) is 27.3 Å². The molecule has 0 amide bonds. The lowest BCUT2D eigenvalue weighted by Crippen LogP contribution is -2.11. The second-order valence-electron chi connectivity index (χ2n) is 9.66. The van der Waals surface area contributed by atoms with Crippen LogP contribution in [0.2, 0.25) is 0 Å². The minimum absolute atomic E-state index is 0.0664. The Hall–Kier alpha value is -4.90. The molecule has 3 heterocycles. The number of furan rings is 1. The van der Waals surface area contributed by atoms with E-state index in [0.29, 0.717) is 21.9 Å². The molecule has 6 rings (SSSR count). The van der Waals surface area contributed by atoms with Crippen LogP contribution in [0, 0.1) is 0 Å². The van der Waals surface area contributed by atoms with Crippen LogP contribution in [-0.4, -0.2) is 39.7 Å². The maximum atomic E-state index is 13.7. The van der Waals surface area contributed by atoms with Crippen LogP contribution in [0.25, 0.3) is 38.8 Å². The molecule has 0 unspecified atom stereocenters. The van der Waals surface area contributed by atoms with Crippen LogP contribution in [0.15, 0.2) is 81.9 Å². The van der Waals surface area contributed by atoms with Crippen molar-refractivity contribution < 1.29 is 26.9 Å². The Kier molecular flexibility index (Phi) is 5.95. The van der Waals surface area contributed by atoms with E-state index in [1.165, 1.54) is 24.5 Å². The van der Waals surface area contributed by atoms with Crippen molar-refractivity contribution in [3.05, 3.63) is 95.5 Å². The Morgan fingerprint density at radius 1 is 1.00 bits per heavy atom. The summed E-state index contributed by atoms with van der Waals surface area (Å²) in [7, 11) is 3.97. The minimum Gasteiger partial charge on any atom is -0.464 e. The topological polar surface area (TPSA) is 103 Å². The van der Waals surface area contributed by atoms with Crippen LogP contribution in [0.5, 0.6) is 0 Å². The van der Waals surface area contributed by atoms with Gasteiger partial charge in [-0.1, -0.05) is 35.5 Å². The Morgan fingerprint density at radius 2 is 1.80 bits per heavy atom. The molecule has 40 heavy (non-hydrogen) atoms. The van der Waals surface area contributed by atoms with E-state index in [-0.39, 0.29) is 22.8 Å². The Morgan fingerprint density at radius 3 is 2.58 bits per heavy atom. The predicted octanol–water partition coefficient (Wildman–Crippen LogP) is 6.32. The number of rotatable bonds is 6. The number of anilines is 1. The smallest absolute Gasteiger partial charge is 0.435 e. The highest BCUT2D eigenvalue weighted by molar-refractivity contribution is 6.15. The average molecular weight is 546 g/mol. The lowest BCUT2D eigenvalue weighted by atomic mass is 9.97. The van der Waals surface area contributed by atoms with E-state index in [0.717, 1.165) is 34.0 Å². The molecule has 202 valence electrons. The van der Waals surface area contributed by atoms with E-state index in [1.807, 2.05) is 50.5 Å². The van der Waals surface area contributed by atoms with Gasteiger partial charge >= 0.3 is 6.18 Å². The second kappa shape index (κ2) is 9.38. The van der Waals surface area contributed by atoms with Gasteiger partial charge in [-0.2, -0.15) is 18.3 Å². The molecule has 11 heteroatoms. The maximum Gasteiger partial charge on any atom is 0.435 e. The highest BCUT2D eigenvalue weighted by Crippen LogP contribution is 2.34. The number of alkyl halides is 3. The van der Waals surface area contributed by atoms with Crippen molar-refractivity contribution in [1.29, 1.82) is 0 Å². The molecule has 0 spiro atoms. The number of benzene rings is 3. The summed E-state index contributed by atoms with van der Waals surface area (Å²) in [6.45, 7) is 0.730. The molecule has 0 bridgehead atoms. The fraction of sp³-hybridized carbons (Fsp3) is 0.138. The lowest BCUT2D eigenvalue weighted by Gasteiger charge is -2.14. The molecule has 0 saturated heterocycles. The van der Waals surface area contributed by atoms with Gasteiger partial charge in [-0.3, -0.25) is 4.79 Å². The monoisotopic (exact) mass is 545 g/mol. The summed E-state index contributed by atoms with van der Waals surface area (Å²) in [4.78, 5) is 15.8. The molecule has 0 fully saturated rings. The first-order valence-electron chi connectivity index (χ1n) is 12.2. The molecule has 6 aromatic rings. The number of nitrogens with two attached hydrogens (primary N) is 1. The summed E-state index contributed by atoms with van der Waals surface area (Å²) in [5.41, 5.74) is 8.43. The van der Waals surface area contributed by atoms with E-state index in [2.05, 4.69) is 15.2 Å². The number of aromatic nitrogens is 3. The maximum absolute atomic E-state index is 13.7. The van der Waals surface area contributed by atoms with Crippen molar-refractivity contribution in [2.24, 2.45) is 0 Å². The van der Waals surface area contributed by atoms with E-state index >= 15 is 0 Å². The zero-order chi connectivity index (χ0) is 28.2. The zero-order valence-electron chi connectivity index (χ0n) is 21.4. The predicted molar refractivity (Wildman–Crippen MR) is 143 cm³/mol. The standard InChI is InChI=1S/C29H22F3N5O3/c1-36(2)14-17-5-3-4-6-19(17)16-7-9-20-22(15-39-25(20)11-16)27(38)23-13-26(29(30,31)32)34-37(23)18-8-10-24-21(12-18)28(33)35-40-24/h3-13,15H,14H2,1-2H3,(H2,33,35). The second-order valence-corrected chi connectivity index (χ2v) is 9.66. The van der Waals surface area contributed by atoms with E-state index < -0.39 is 17.7 Å². The van der Waals surface area contributed by atoms with Crippen molar-refractivity contribution in [1.82, 2.24) is 19.8 Å². The van der Waals surface area contributed by atoms with E-state index in [9.17, 15) is 18.0 Å². The molecule has 0 aliphatic rings. The van der Waals surface area contributed by atoms with Crippen LogP contribution >= 0.6 is 0 Å². The van der Waals surface area contributed by atoms with Crippen molar-refractivity contribution >= 4 is 33.5 Å². The van der Waals surface area contributed by atoms with Crippen molar-refractivity contribution in [2.75, 3.05) is 19.8 Å². The largest absolute Gasteiger partial charge is 0.464 e. The highest BCUT2D eigenvalue weighted by Gasteiger charge is 2.36. The molecule has 8 nitrogen and oxygen atoms in total. The molecule has 0 atom stereocenters. The van der Waals surface area contributed by atoms with Gasteiger partial charge in [-0.05, 0) is 61.1 Å². The summed E-state index contributed by atoms with van der Waals surface area (Å²) in [5.74, 6) is -0.613. The zero-order valence-corrected chi connectivity index (χ0v) is 21.4. The third kappa shape index (κ3) is 4.39. The lowest BCUT2D eigenvalue weighted by molar-refractivity contribution is -0.141. The fourth-order valence-electron chi connectivity index (χ4n) is 4.75. The quantitative estimate of drug-likeness (QED) is 0.244. The fourth-order valence-corrected chi connectivity index (χ4v) is 4.75. The van der Waals surface area contributed by atoms with Crippen molar-refractivity contribution in [2.45, 2.75) is 12.7 Å². The Balaban J connectivity index is 1.44. The van der Waals surface area contributed by atoms with Gasteiger partial charge in [0.05, 0.1) is 16.6 Å². The Bertz CT molecular complexity index is 1900. The first kappa shape index (κ1) is 25.4. The molecular formula is C29H22F3N5O3. The summed E-state index contributed by atoms with van der Waals surface area (Å²) in [6.07, 6.45) is -3.51.